The molecule has 0 amide bonds. The highest BCUT2D eigenvalue weighted by Crippen LogP contribution is 2.55. The van der Waals surface area contributed by atoms with Gasteiger partial charge in [-0.15, -0.1) is 0 Å². The van der Waals surface area contributed by atoms with Gasteiger partial charge >= 0.3 is 11.9 Å². The van der Waals surface area contributed by atoms with Crippen LogP contribution in [0.4, 0.5) is 0 Å². The number of fused-ring (bicyclic) bond motifs is 3. The second kappa shape index (κ2) is 3.30. The van der Waals surface area contributed by atoms with Gasteiger partial charge in [0.1, 0.15) is 5.41 Å². The van der Waals surface area contributed by atoms with Crippen molar-refractivity contribution in [3.05, 3.63) is 0 Å². The van der Waals surface area contributed by atoms with Crippen LogP contribution in [0.25, 0.3) is 0 Å². The van der Waals surface area contributed by atoms with E-state index in [1.165, 1.54) is 7.11 Å². The number of aliphatic carboxylic acids is 1. The maximum absolute atomic E-state index is 11.9. The molecule has 0 spiro atoms. The van der Waals surface area contributed by atoms with E-state index in [9.17, 15) is 14.4 Å². The van der Waals surface area contributed by atoms with E-state index in [0.29, 0.717) is 12.8 Å². The third-order valence-electron chi connectivity index (χ3n) is 4.12. The molecule has 3 aliphatic rings. The molecule has 3 rings (SSSR count). The number of esters is 1. The standard InChI is InChI=1S/C11H14O5/c1-16-9(15)10-2-4-11(5-3-10,8(13)14)7(12)6-10/h2-6H2,1H3,(H,13,14). The molecule has 0 saturated heterocycles. The zero-order valence-electron chi connectivity index (χ0n) is 9.12. The maximum atomic E-state index is 11.9. The molecule has 0 atom stereocenters. The highest BCUT2D eigenvalue weighted by molar-refractivity contribution is 6.06. The fourth-order valence-electron chi connectivity index (χ4n) is 2.91. The highest BCUT2D eigenvalue weighted by Gasteiger charge is 2.61. The first-order valence-electron chi connectivity index (χ1n) is 5.32. The molecule has 3 fully saturated rings. The molecule has 16 heavy (non-hydrogen) atoms. The Labute approximate surface area is 92.8 Å². The topological polar surface area (TPSA) is 80.7 Å². The number of carbonyl (C=O) groups is 3. The number of methoxy groups -OCH3 is 1. The second-order valence-electron chi connectivity index (χ2n) is 4.76. The third kappa shape index (κ3) is 1.20. The Kier molecular flexibility index (Phi) is 2.29. The summed E-state index contributed by atoms with van der Waals surface area (Å²) >= 11 is 0. The minimum absolute atomic E-state index is 0.0198. The molecule has 0 unspecified atom stereocenters. The number of carboxylic acids is 1. The first-order valence-corrected chi connectivity index (χ1v) is 5.32. The Morgan fingerprint density at radius 2 is 1.81 bits per heavy atom. The van der Waals surface area contributed by atoms with Gasteiger partial charge in [0.25, 0.3) is 0 Å². The zero-order valence-corrected chi connectivity index (χ0v) is 9.12. The Balaban J connectivity index is 2.30. The van der Waals surface area contributed by atoms with Gasteiger partial charge in [-0.05, 0) is 25.7 Å². The molecule has 0 heterocycles. The number of ether oxygens (including phenoxy) is 1. The SMILES string of the molecule is COC(=O)C12CCC(C(=O)O)(CC1)C(=O)C2. The van der Waals surface area contributed by atoms with Crippen LogP contribution in [-0.2, 0) is 19.1 Å². The summed E-state index contributed by atoms with van der Waals surface area (Å²) in [7, 11) is 1.30. The molecule has 5 heteroatoms. The van der Waals surface area contributed by atoms with Crippen molar-refractivity contribution in [2.45, 2.75) is 32.1 Å². The molecule has 0 radical (unpaired) electrons. The van der Waals surface area contributed by atoms with Crippen LogP contribution in [0.2, 0.25) is 0 Å². The van der Waals surface area contributed by atoms with Gasteiger partial charge in [0.05, 0.1) is 12.5 Å². The van der Waals surface area contributed by atoms with Crippen LogP contribution in [0, 0.1) is 10.8 Å². The summed E-state index contributed by atoms with van der Waals surface area (Å²) in [4.78, 5) is 34.6. The van der Waals surface area contributed by atoms with E-state index in [4.69, 9.17) is 9.84 Å². The van der Waals surface area contributed by atoms with Crippen molar-refractivity contribution in [2.75, 3.05) is 7.11 Å². The van der Waals surface area contributed by atoms with Crippen LogP contribution in [0.5, 0.6) is 0 Å². The summed E-state index contributed by atoms with van der Waals surface area (Å²) < 4.78 is 4.71. The molecule has 3 saturated carbocycles. The number of carboxylic acid groups (broad SMARTS) is 1. The van der Waals surface area contributed by atoms with Crippen molar-refractivity contribution in [2.24, 2.45) is 10.8 Å². The van der Waals surface area contributed by atoms with Gasteiger partial charge in [0.2, 0.25) is 0 Å². The molecule has 0 aromatic rings. The van der Waals surface area contributed by atoms with E-state index in [2.05, 4.69) is 0 Å². The molecule has 0 aromatic carbocycles. The molecular formula is C11H14O5. The number of carbonyl (C=O) groups excluding carboxylic acids is 2. The number of ketones is 1. The van der Waals surface area contributed by atoms with E-state index in [1.807, 2.05) is 0 Å². The minimum Gasteiger partial charge on any atom is -0.480 e. The number of rotatable bonds is 2. The van der Waals surface area contributed by atoms with Crippen LogP contribution < -0.4 is 0 Å². The van der Waals surface area contributed by atoms with E-state index < -0.39 is 16.8 Å². The van der Waals surface area contributed by atoms with Gasteiger partial charge < -0.3 is 9.84 Å². The molecule has 88 valence electrons. The van der Waals surface area contributed by atoms with Crippen LogP contribution >= 0.6 is 0 Å². The number of hydrogen-bond acceptors (Lipinski definition) is 4. The molecule has 1 N–H and O–H groups in total. The van der Waals surface area contributed by atoms with E-state index in [0.717, 1.165) is 0 Å². The molecule has 3 aliphatic carbocycles. The van der Waals surface area contributed by atoms with Gasteiger partial charge in [-0.25, -0.2) is 0 Å². The van der Waals surface area contributed by atoms with Crippen molar-refractivity contribution < 1.29 is 24.2 Å². The lowest BCUT2D eigenvalue weighted by molar-refractivity contribution is -0.177. The molecule has 0 aromatic heterocycles. The van der Waals surface area contributed by atoms with Crippen molar-refractivity contribution in [3.63, 3.8) is 0 Å². The Hall–Kier alpha value is -1.39. The van der Waals surface area contributed by atoms with Gasteiger partial charge in [0.15, 0.2) is 5.78 Å². The summed E-state index contributed by atoms with van der Waals surface area (Å²) in [5.74, 6) is -1.74. The van der Waals surface area contributed by atoms with Gasteiger partial charge in [-0.1, -0.05) is 0 Å². The maximum Gasteiger partial charge on any atom is 0.317 e. The van der Waals surface area contributed by atoms with Crippen molar-refractivity contribution >= 4 is 17.7 Å². The predicted molar refractivity (Wildman–Crippen MR) is 52.6 cm³/mol. The average Bonchev–Trinajstić information content (AvgIpc) is 2.29. The Morgan fingerprint density at radius 3 is 2.19 bits per heavy atom. The van der Waals surface area contributed by atoms with Crippen molar-refractivity contribution in [1.82, 2.24) is 0 Å². The third-order valence-corrected chi connectivity index (χ3v) is 4.12. The lowest BCUT2D eigenvalue weighted by Crippen LogP contribution is -2.55. The quantitative estimate of drug-likeness (QED) is 0.555. The van der Waals surface area contributed by atoms with Crippen LogP contribution in [0.1, 0.15) is 32.1 Å². The van der Waals surface area contributed by atoms with Gasteiger partial charge in [-0.3, -0.25) is 14.4 Å². The molecule has 0 aliphatic heterocycles. The largest absolute Gasteiger partial charge is 0.480 e. The first-order chi connectivity index (χ1) is 7.47. The van der Waals surface area contributed by atoms with Gasteiger partial charge in [-0.2, -0.15) is 0 Å². The lowest BCUT2D eigenvalue weighted by Gasteiger charge is -2.47. The number of Topliss-reactive ketones (excluding diaryl/α,β-unsaturated/α-hetero) is 1. The smallest absolute Gasteiger partial charge is 0.317 e. The molecular weight excluding hydrogens is 212 g/mol. The van der Waals surface area contributed by atoms with Crippen LogP contribution in [0.3, 0.4) is 0 Å². The lowest BCUT2D eigenvalue weighted by atomic mass is 9.53. The predicted octanol–water partition coefficient (Wildman–Crippen LogP) is 0.764. The number of hydrogen-bond donors (Lipinski definition) is 1. The summed E-state index contributed by atoms with van der Waals surface area (Å²) in [6, 6.07) is 0. The van der Waals surface area contributed by atoms with Crippen LogP contribution in [-0.4, -0.2) is 29.9 Å². The zero-order chi connectivity index (χ0) is 12.0. The van der Waals surface area contributed by atoms with E-state index in [-0.39, 0.29) is 31.0 Å². The summed E-state index contributed by atoms with van der Waals surface area (Å²) in [5.41, 5.74) is -1.97. The Morgan fingerprint density at radius 1 is 1.25 bits per heavy atom. The second-order valence-corrected chi connectivity index (χ2v) is 4.76. The molecule has 2 bridgehead atoms. The van der Waals surface area contributed by atoms with E-state index in [1.54, 1.807) is 0 Å². The summed E-state index contributed by atoms with van der Waals surface area (Å²) in [6.45, 7) is 0. The van der Waals surface area contributed by atoms with Crippen LogP contribution in [0.15, 0.2) is 0 Å². The van der Waals surface area contributed by atoms with Crippen molar-refractivity contribution in [3.8, 4) is 0 Å². The first kappa shape index (κ1) is 11.1. The summed E-state index contributed by atoms with van der Waals surface area (Å²) in [6.07, 6.45) is 1.42. The average molecular weight is 226 g/mol. The van der Waals surface area contributed by atoms with Gasteiger partial charge in [0, 0.05) is 6.42 Å². The summed E-state index contributed by atoms with van der Waals surface area (Å²) in [5, 5.41) is 9.13. The normalized spacial score (nSPS) is 37.2. The highest BCUT2D eigenvalue weighted by atomic mass is 16.5. The Bertz CT molecular complexity index is 363. The fraction of sp³-hybridized carbons (Fsp3) is 0.727. The monoisotopic (exact) mass is 226 g/mol. The minimum atomic E-state index is -1.23. The molecule has 5 nitrogen and oxygen atoms in total. The van der Waals surface area contributed by atoms with Crippen molar-refractivity contribution in [1.29, 1.82) is 0 Å². The van der Waals surface area contributed by atoms with E-state index >= 15 is 0 Å². The fourth-order valence-corrected chi connectivity index (χ4v) is 2.91.